The van der Waals surface area contributed by atoms with Gasteiger partial charge in [-0.25, -0.2) is 8.78 Å². The molecular formula is C12H13F2NO3. The van der Waals surface area contributed by atoms with E-state index in [2.05, 4.69) is 0 Å². The third-order valence-electron chi connectivity index (χ3n) is 2.82. The molecule has 2 rings (SSSR count). The van der Waals surface area contributed by atoms with Gasteiger partial charge in [-0.1, -0.05) is 6.07 Å². The van der Waals surface area contributed by atoms with Gasteiger partial charge in [0, 0.05) is 13.1 Å². The number of benzene rings is 1. The van der Waals surface area contributed by atoms with Gasteiger partial charge in [0.25, 0.3) is 0 Å². The quantitative estimate of drug-likeness (QED) is 0.889. The second kappa shape index (κ2) is 5.41. The van der Waals surface area contributed by atoms with Crippen molar-refractivity contribution in [1.29, 1.82) is 0 Å². The highest BCUT2D eigenvalue weighted by Gasteiger charge is 2.23. The fraction of sp³-hybridized carbons (Fsp3) is 0.417. The molecule has 1 N–H and O–H groups in total. The molecule has 1 aromatic rings. The third kappa shape index (κ3) is 3.02. The Bertz CT molecular complexity index is 453. The van der Waals surface area contributed by atoms with Crippen LogP contribution in [0.15, 0.2) is 18.2 Å². The predicted molar refractivity (Wildman–Crippen MR) is 59.1 cm³/mol. The molecule has 1 heterocycles. The van der Waals surface area contributed by atoms with E-state index in [9.17, 15) is 13.6 Å². The first-order chi connectivity index (χ1) is 8.56. The Hall–Kier alpha value is -1.53. The average Bonchev–Trinajstić information content (AvgIpc) is 2.32. The molecule has 0 aromatic heterocycles. The minimum atomic E-state index is -0.925. The molecule has 0 saturated carbocycles. The monoisotopic (exact) mass is 257 g/mol. The zero-order valence-electron chi connectivity index (χ0n) is 9.60. The average molecular weight is 257 g/mol. The van der Waals surface area contributed by atoms with Crippen LogP contribution in [-0.2, 0) is 9.53 Å². The van der Waals surface area contributed by atoms with E-state index in [4.69, 9.17) is 9.84 Å². The molecule has 98 valence electrons. The van der Waals surface area contributed by atoms with Gasteiger partial charge in [0.05, 0.1) is 19.3 Å². The van der Waals surface area contributed by atoms with Gasteiger partial charge in [-0.2, -0.15) is 0 Å². The Labute approximate surface area is 103 Å². The number of carboxylic acids is 1. The lowest BCUT2D eigenvalue weighted by molar-refractivity contribution is -0.140. The van der Waals surface area contributed by atoms with Crippen molar-refractivity contribution in [3.05, 3.63) is 35.4 Å². The van der Waals surface area contributed by atoms with Crippen LogP contribution in [0.25, 0.3) is 0 Å². The Morgan fingerprint density at radius 1 is 1.44 bits per heavy atom. The summed E-state index contributed by atoms with van der Waals surface area (Å²) in [6.45, 7) is 1.17. The van der Waals surface area contributed by atoms with Crippen molar-refractivity contribution in [2.45, 2.75) is 6.10 Å². The fourth-order valence-corrected chi connectivity index (χ4v) is 1.95. The lowest BCUT2D eigenvalue weighted by Gasteiger charge is -2.32. The van der Waals surface area contributed by atoms with Crippen LogP contribution in [0.1, 0.15) is 11.7 Å². The van der Waals surface area contributed by atoms with E-state index in [1.54, 1.807) is 4.90 Å². The van der Waals surface area contributed by atoms with Crippen LogP contribution >= 0.6 is 0 Å². The summed E-state index contributed by atoms with van der Waals surface area (Å²) in [5.41, 5.74) is 0.518. The molecule has 1 atom stereocenters. The first-order valence-electron chi connectivity index (χ1n) is 5.57. The van der Waals surface area contributed by atoms with E-state index in [1.807, 2.05) is 0 Å². The largest absolute Gasteiger partial charge is 0.480 e. The number of halogens is 2. The van der Waals surface area contributed by atoms with Crippen molar-refractivity contribution in [2.75, 3.05) is 26.2 Å². The summed E-state index contributed by atoms with van der Waals surface area (Å²) in [5, 5.41) is 8.71. The zero-order valence-corrected chi connectivity index (χ0v) is 9.60. The fourth-order valence-electron chi connectivity index (χ4n) is 1.95. The van der Waals surface area contributed by atoms with Crippen molar-refractivity contribution in [2.24, 2.45) is 0 Å². The molecule has 0 spiro atoms. The minimum Gasteiger partial charge on any atom is -0.480 e. The minimum absolute atomic E-state index is 0.0798. The maximum atomic E-state index is 13.1. The Balaban J connectivity index is 2.08. The Morgan fingerprint density at radius 3 is 2.89 bits per heavy atom. The summed E-state index contributed by atoms with van der Waals surface area (Å²) in [7, 11) is 0. The molecule has 1 aliphatic rings. The standard InChI is InChI=1S/C12H13F2NO3/c13-9-2-1-8(5-10(9)14)11-6-15(3-4-18-11)7-12(16)17/h1-2,5,11H,3-4,6-7H2,(H,16,17). The first-order valence-corrected chi connectivity index (χ1v) is 5.57. The van der Waals surface area contributed by atoms with Gasteiger partial charge in [-0.3, -0.25) is 9.69 Å². The third-order valence-corrected chi connectivity index (χ3v) is 2.82. The van der Waals surface area contributed by atoms with Gasteiger partial charge in [0.15, 0.2) is 11.6 Å². The number of carboxylic acid groups (broad SMARTS) is 1. The van der Waals surface area contributed by atoms with Crippen molar-refractivity contribution >= 4 is 5.97 Å². The molecule has 0 amide bonds. The van der Waals surface area contributed by atoms with Gasteiger partial charge in [0.1, 0.15) is 0 Å². The Kier molecular flexibility index (Phi) is 3.88. The topological polar surface area (TPSA) is 49.8 Å². The highest BCUT2D eigenvalue weighted by Crippen LogP contribution is 2.23. The number of rotatable bonds is 3. The van der Waals surface area contributed by atoms with Crippen LogP contribution in [0.3, 0.4) is 0 Å². The SMILES string of the molecule is O=C(O)CN1CCOC(c2ccc(F)c(F)c2)C1. The van der Waals surface area contributed by atoms with Gasteiger partial charge in [-0.05, 0) is 17.7 Å². The highest BCUT2D eigenvalue weighted by molar-refractivity contribution is 5.69. The van der Waals surface area contributed by atoms with E-state index in [0.29, 0.717) is 25.3 Å². The van der Waals surface area contributed by atoms with E-state index < -0.39 is 23.7 Å². The van der Waals surface area contributed by atoms with Gasteiger partial charge in [-0.15, -0.1) is 0 Å². The Morgan fingerprint density at radius 2 is 2.22 bits per heavy atom. The molecule has 0 aliphatic carbocycles. The van der Waals surface area contributed by atoms with Gasteiger partial charge < -0.3 is 9.84 Å². The molecule has 0 bridgehead atoms. The summed E-state index contributed by atoms with van der Waals surface area (Å²) >= 11 is 0. The van der Waals surface area contributed by atoms with Crippen LogP contribution in [0.4, 0.5) is 8.78 Å². The predicted octanol–water partition coefficient (Wildman–Crippen LogP) is 1.42. The molecule has 1 aliphatic heterocycles. The van der Waals surface area contributed by atoms with Gasteiger partial charge >= 0.3 is 5.97 Å². The number of nitrogens with zero attached hydrogens (tertiary/aromatic N) is 1. The number of morpholine rings is 1. The van der Waals surface area contributed by atoms with Crippen molar-refractivity contribution in [1.82, 2.24) is 4.90 Å². The summed E-state index contributed by atoms with van der Waals surface area (Å²) < 4.78 is 31.4. The number of aliphatic carboxylic acids is 1. The maximum Gasteiger partial charge on any atom is 0.317 e. The van der Waals surface area contributed by atoms with Crippen LogP contribution in [0.5, 0.6) is 0 Å². The molecule has 1 unspecified atom stereocenters. The number of hydrogen-bond donors (Lipinski definition) is 1. The summed E-state index contributed by atoms with van der Waals surface area (Å²) in [6.07, 6.45) is -0.423. The van der Waals surface area contributed by atoms with Gasteiger partial charge in [0.2, 0.25) is 0 Å². The molecule has 1 saturated heterocycles. The molecule has 1 fully saturated rings. The van der Waals surface area contributed by atoms with E-state index in [0.717, 1.165) is 12.1 Å². The lowest BCUT2D eigenvalue weighted by Crippen LogP contribution is -2.41. The lowest BCUT2D eigenvalue weighted by atomic mass is 10.1. The van der Waals surface area contributed by atoms with Crippen molar-refractivity contribution in [3.63, 3.8) is 0 Å². The summed E-state index contributed by atoms with van der Waals surface area (Å²) in [5.74, 6) is -2.75. The molecule has 6 heteroatoms. The zero-order chi connectivity index (χ0) is 13.1. The van der Waals surface area contributed by atoms with Crippen LogP contribution in [0.2, 0.25) is 0 Å². The maximum absolute atomic E-state index is 13.1. The molecule has 0 radical (unpaired) electrons. The number of carbonyl (C=O) groups is 1. The molecule has 18 heavy (non-hydrogen) atoms. The van der Waals surface area contributed by atoms with Crippen molar-refractivity contribution in [3.8, 4) is 0 Å². The number of hydrogen-bond acceptors (Lipinski definition) is 3. The number of ether oxygens (including phenoxy) is 1. The van der Waals surface area contributed by atoms with Crippen molar-refractivity contribution < 1.29 is 23.4 Å². The van der Waals surface area contributed by atoms with E-state index in [-0.39, 0.29) is 6.54 Å². The van der Waals surface area contributed by atoms with Crippen LogP contribution in [-0.4, -0.2) is 42.2 Å². The molecular weight excluding hydrogens is 244 g/mol. The summed E-state index contributed by atoms with van der Waals surface area (Å²) in [6, 6.07) is 3.59. The van der Waals surface area contributed by atoms with Crippen LogP contribution < -0.4 is 0 Å². The van der Waals surface area contributed by atoms with E-state index >= 15 is 0 Å². The van der Waals surface area contributed by atoms with E-state index in [1.165, 1.54) is 6.07 Å². The smallest absolute Gasteiger partial charge is 0.317 e. The molecule has 1 aromatic carbocycles. The molecule has 4 nitrogen and oxygen atoms in total. The normalized spacial score (nSPS) is 20.9. The second-order valence-electron chi connectivity index (χ2n) is 4.16. The van der Waals surface area contributed by atoms with Crippen LogP contribution in [0, 0.1) is 11.6 Å². The highest BCUT2D eigenvalue weighted by atomic mass is 19.2. The first kappa shape index (κ1) is 12.9. The second-order valence-corrected chi connectivity index (χ2v) is 4.16. The summed E-state index contributed by atoms with van der Waals surface area (Å²) in [4.78, 5) is 12.3.